The van der Waals surface area contributed by atoms with Crippen LogP contribution in [0.2, 0.25) is 0 Å². The van der Waals surface area contributed by atoms with Crippen molar-refractivity contribution in [3.8, 4) is 5.75 Å². The number of para-hydroxylation sites is 2. The second-order valence-corrected chi connectivity index (χ2v) is 4.14. The summed E-state index contributed by atoms with van der Waals surface area (Å²) < 4.78 is 5.45. The number of anilines is 1. The molecule has 1 heterocycles. The lowest BCUT2D eigenvalue weighted by Gasteiger charge is -2.11. The van der Waals surface area contributed by atoms with E-state index in [1.807, 2.05) is 25.1 Å². The Morgan fingerprint density at radius 1 is 1.40 bits per heavy atom. The van der Waals surface area contributed by atoms with E-state index >= 15 is 0 Å². The van der Waals surface area contributed by atoms with E-state index in [9.17, 15) is 4.79 Å². The number of carbonyl (C=O) groups excluding carboxylic acids is 1. The number of nitrogens with one attached hydrogen (secondary N) is 3. The first-order chi connectivity index (χ1) is 9.79. The molecular formula is C14H18N4O2. The number of carbonyl (C=O) groups is 1. The topological polar surface area (TPSA) is 79.0 Å². The van der Waals surface area contributed by atoms with Crippen LogP contribution in [0.1, 0.15) is 12.6 Å². The molecule has 0 saturated heterocycles. The van der Waals surface area contributed by atoms with Gasteiger partial charge in [-0.2, -0.15) is 0 Å². The minimum absolute atomic E-state index is 0.253. The van der Waals surface area contributed by atoms with Gasteiger partial charge in [-0.3, -0.25) is 0 Å². The van der Waals surface area contributed by atoms with Crippen molar-refractivity contribution >= 4 is 11.7 Å². The highest BCUT2D eigenvalue weighted by atomic mass is 16.5. The maximum atomic E-state index is 11.8. The zero-order valence-corrected chi connectivity index (χ0v) is 11.3. The fourth-order valence-corrected chi connectivity index (χ4v) is 1.75. The van der Waals surface area contributed by atoms with E-state index in [0.717, 1.165) is 5.69 Å². The number of urea groups is 1. The number of H-pyrrole nitrogens is 1. The highest BCUT2D eigenvalue weighted by Gasteiger charge is 2.06. The van der Waals surface area contributed by atoms with Gasteiger partial charge < -0.3 is 20.4 Å². The summed E-state index contributed by atoms with van der Waals surface area (Å²) >= 11 is 0. The molecule has 1 aromatic heterocycles. The van der Waals surface area contributed by atoms with Crippen LogP contribution in [0.5, 0.6) is 5.75 Å². The number of hydrogen-bond acceptors (Lipinski definition) is 3. The molecule has 0 aliphatic carbocycles. The predicted octanol–water partition coefficient (Wildman–Crippen LogP) is 2.17. The fraction of sp³-hybridized carbons (Fsp3) is 0.286. The van der Waals surface area contributed by atoms with E-state index < -0.39 is 0 Å². The second-order valence-electron chi connectivity index (χ2n) is 4.14. The molecular weight excluding hydrogens is 256 g/mol. The van der Waals surface area contributed by atoms with Crippen LogP contribution < -0.4 is 15.4 Å². The van der Waals surface area contributed by atoms with Gasteiger partial charge in [-0.1, -0.05) is 12.1 Å². The van der Waals surface area contributed by atoms with Gasteiger partial charge in [0.25, 0.3) is 0 Å². The Hall–Kier alpha value is -2.50. The number of amides is 2. The zero-order valence-electron chi connectivity index (χ0n) is 11.3. The molecule has 6 nitrogen and oxygen atoms in total. The van der Waals surface area contributed by atoms with Gasteiger partial charge in [0.05, 0.1) is 18.6 Å². The highest BCUT2D eigenvalue weighted by molar-refractivity contribution is 5.90. The summed E-state index contributed by atoms with van der Waals surface area (Å²) in [4.78, 5) is 18.7. The van der Waals surface area contributed by atoms with Crippen LogP contribution in [0.3, 0.4) is 0 Å². The minimum atomic E-state index is -0.253. The van der Waals surface area contributed by atoms with E-state index in [0.29, 0.717) is 31.0 Å². The second kappa shape index (κ2) is 7.18. The van der Waals surface area contributed by atoms with Crippen molar-refractivity contribution in [1.29, 1.82) is 0 Å². The maximum absolute atomic E-state index is 11.8. The number of ether oxygens (including phenoxy) is 1. The molecule has 0 radical (unpaired) electrons. The summed E-state index contributed by atoms with van der Waals surface area (Å²) in [6, 6.07) is 7.09. The van der Waals surface area contributed by atoms with Crippen LogP contribution in [0.4, 0.5) is 10.5 Å². The summed E-state index contributed by atoms with van der Waals surface area (Å²) in [5.74, 6) is 0.665. The molecule has 0 saturated carbocycles. The molecule has 2 rings (SSSR count). The smallest absolute Gasteiger partial charge is 0.319 e. The summed E-state index contributed by atoms with van der Waals surface area (Å²) in [7, 11) is 0. The van der Waals surface area contributed by atoms with Crippen LogP contribution in [0.25, 0.3) is 0 Å². The van der Waals surface area contributed by atoms with Gasteiger partial charge in [0, 0.05) is 24.9 Å². The molecule has 0 aliphatic rings. The number of nitrogens with zero attached hydrogens (tertiary/aromatic N) is 1. The van der Waals surface area contributed by atoms with Crippen molar-refractivity contribution in [2.45, 2.75) is 13.3 Å². The monoisotopic (exact) mass is 274 g/mol. The summed E-state index contributed by atoms with van der Waals surface area (Å²) in [6.45, 7) is 2.99. The lowest BCUT2D eigenvalue weighted by Crippen LogP contribution is -2.30. The third-order valence-electron chi connectivity index (χ3n) is 2.67. The van der Waals surface area contributed by atoms with Crippen molar-refractivity contribution in [3.05, 3.63) is 42.5 Å². The Morgan fingerprint density at radius 2 is 2.25 bits per heavy atom. The van der Waals surface area contributed by atoms with Crippen LogP contribution in [0.15, 0.2) is 36.8 Å². The number of aromatic nitrogens is 2. The molecule has 2 amide bonds. The summed E-state index contributed by atoms with van der Waals surface area (Å²) in [5, 5.41) is 5.56. The van der Waals surface area contributed by atoms with Crippen LogP contribution in [0, 0.1) is 0 Å². The lowest BCUT2D eigenvalue weighted by atomic mass is 10.3. The third kappa shape index (κ3) is 4.01. The van der Waals surface area contributed by atoms with Gasteiger partial charge in [-0.15, -0.1) is 0 Å². The van der Waals surface area contributed by atoms with Crippen LogP contribution >= 0.6 is 0 Å². The van der Waals surface area contributed by atoms with Gasteiger partial charge in [0.2, 0.25) is 0 Å². The molecule has 0 unspecified atom stereocenters. The molecule has 1 aromatic carbocycles. The highest BCUT2D eigenvalue weighted by Crippen LogP contribution is 2.23. The zero-order chi connectivity index (χ0) is 14.2. The van der Waals surface area contributed by atoms with E-state index in [1.165, 1.54) is 0 Å². The first-order valence-electron chi connectivity index (χ1n) is 6.53. The van der Waals surface area contributed by atoms with Gasteiger partial charge in [0.1, 0.15) is 5.75 Å². The van der Waals surface area contributed by atoms with Gasteiger partial charge in [0.15, 0.2) is 0 Å². The van der Waals surface area contributed by atoms with Crippen molar-refractivity contribution in [2.24, 2.45) is 0 Å². The lowest BCUT2D eigenvalue weighted by molar-refractivity contribution is 0.252. The average Bonchev–Trinajstić information content (AvgIpc) is 2.94. The Labute approximate surface area is 117 Å². The summed E-state index contributed by atoms with van der Waals surface area (Å²) in [5.41, 5.74) is 1.65. The number of aromatic amines is 1. The van der Waals surface area contributed by atoms with Crippen molar-refractivity contribution < 1.29 is 9.53 Å². The number of rotatable bonds is 6. The van der Waals surface area contributed by atoms with Crippen LogP contribution in [-0.4, -0.2) is 29.2 Å². The molecule has 0 fully saturated rings. The van der Waals surface area contributed by atoms with Gasteiger partial charge in [-0.25, -0.2) is 9.78 Å². The molecule has 0 aliphatic heterocycles. The molecule has 3 N–H and O–H groups in total. The van der Waals surface area contributed by atoms with Gasteiger partial charge >= 0.3 is 6.03 Å². The first kappa shape index (κ1) is 13.9. The van der Waals surface area contributed by atoms with Gasteiger partial charge in [-0.05, 0) is 19.1 Å². The normalized spacial score (nSPS) is 10.1. The third-order valence-corrected chi connectivity index (χ3v) is 2.67. The Balaban J connectivity index is 1.82. The number of benzene rings is 1. The average molecular weight is 274 g/mol. The Morgan fingerprint density at radius 3 is 3.00 bits per heavy atom. The quantitative estimate of drug-likeness (QED) is 0.755. The van der Waals surface area contributed by atoms with Crippen molar-refractivity contribution in [2.75, 3.05) is 18.5 Å². The molecule has 0 atom stereocenters. The van der Waals surface area contributed by atoms with Crippen LogP contribution in [-0.2, 0) is 6.42 Å². The fourth-order valence-electron chi connectivity index (χ4n) is 1.75. The van der Waals surface area contributed by atoms with E-state index in [1.54, 1.807) is 18.6 Å². The standard InChI is InChI=1S/C14H18N4O2/c1-2-20-13-6-4-3-5-12(13)18-14(19)16-8-7-11-9-15-10-17-11/h3-6,9-10H,2,7-8H2,1H3,(H,15,17)(H2,16,18,19). The maximum Gasteiger partial charge on any atom is 0.319 e. The first-order valence-corrected chi connectivity index (χ1v) is 6.53. The summed E-state index contributed by atoms with van der Waals surface area (Å²) in [6.07, 6.45) is 4.07. The van der Waals surface area contributed by atoms with E-state index in [4.69, 9.17) is 4.74 Å². The van der Waals surface area contributed by atoms with E-state index in [-0.39, 0.29) is 6.03 Å². The van der Waals surface area contributed by atoms with Crippen molar-refractivity contribution in [3.63, 3.8) is 0 Å². The van der Waals surface area contributed by atoms with Crippen molar-refractivity contribution in [1.82, 2.24) is 15.3 Å². The Bertz CT molecular complexity index is 540. The SMILES string of the molecule is CCOc1ccccc1NC(=O)NCCc1cnc[nH]1. The number of imidazole rings is 1. The number of hydrogen-bond donors (Lipinski definition) is 3. The molecule has 106 valence electrons. The molecule has 6 heteroatoms. The molecule has 0 bridgehead atoms. The van der Waals surface area contributed by atoms with E-state index in [2.05, 4.69) is 20.6 Å². The largest absolute Gasteiger partial charge is 0.492 e. The molecule has 2 aromatic rings. The predicted molar refractivity (Wildman–Crippen MR) is 76.9 cm³/mol. The Kier molecular flexibility index (Phi) is 5.00. The molecule has 0 spiro atoms. The molecule has 20 heavy (non-hydrogen) atoms. The minimum Gasteiger partial charge on any atom is -0.492 e.